The maximum atomic E-state index is 14.2. The number of nitrogens with zero attached hydrogens (tertiary/aromatic N) is 3. The van der Waals surface area contributed by atoms with Crippen LogP contribution in [0.2, 0.25) is 0 Å². The molecule has 0 spiro atoms. The first-order valence-corrected chi connectivity index (χ1v) is 8.44. The predicted octanol–water partition coefficient (Wildman–Crippen LogP) is 4.44. The molecule has 6 heteroatoms. The van der Waals surface area contributed by atoms with E-state index in [2.05, 4.69) is 27.1 Å². The highest BCUT2D eigenvalue weighted by atomic mass is 19.1. The van der Waals surface area contributed by atoms with Gasteiger partial charge in [0, 0.05) is 33.3 Å². The molecule has 0 amide bonds. The first kappa shape index (κ1) is 16.2. The Kier molecular flexibility index (Phi) is 4.08. The molecule has 1 aliphatic rings. The van der Waals surface area contributed by atoms with Gasteiger partial charge in [-0.25, -0.2) is 4.39 Å². The summed E-state index contributed by atoms with van der Waals surface area (Å²) in [6.07, 6.45) is 6.12. The lowest BCUT2D eigenvalue weighted by atomic mass is 10.0. The summed E-state index contributed by atoms with van der Waals surface area (Å²) < 4.78 is 16.3. The van der Waals surface area contributed by atoms with Crippen molar-refractivity contribution in [1.82, 2.24) is 4.57 Å². The van der Waals surface area contributed by atoms with E-state index >= 15 is 0 Å². The first-order valence-electron chi connectivity index (χ1n) is 8.44. The van der Waals surface area contributed by atoms with Gasteiger partial charge in [-0.1, -0.05) is 35.6 Å². The Labute approximate surface area is 150 Å². The molecule has 130 valence electrons. The second kappa shape index (κ2) is 6.55. The maximum absolute atomic E-state index is 14.2. The van der Waals surface area contributed by atoms with Crippen LogP contribution < -0.4 is 5.84 Å². The van der Waals surface area contributed by atoms with Gasteiger partial charge in [-0.2, -0.15) is 0 Å². The van der Waals surface area contributed by atoms with Gasteiger partial charge < -0.3 is 10.4 Å². The number of hydrogen-bond acceptors (Lipinski definition) is 2. The Morgan fingerprint density at radius 3 is 2.88 bits per heavy atom. The Bertz CT molecular complexity index is 1060. The summed E-state index contributed by atoms with van der Waals surface area (Å²) in [4.78, 5) is 0. The number of fused-ring (bicyclic) bond motifs is 3. The molecule has 0 fully saturated rings. The van der Waals surface area contributed by atoms with Crippen LogP contribution in [0.3, 0.4) is 0 Å². The molecule has 0 bridgehead atoms. The highest BCUT2D eigenvalue weighted by molar-refractivity contribution is 6.02. The number of amidine groups is 1. The number of benzene rings is 2. The van der Waals surface area contributed by atoms with Crippen LogP contribution in [-0.4, -0.2) is 10.4 Å². The third-order valence-electron chi connectivity index (χ3n) is 4.76. The number of rotatable bonds is 3. The fourth-order valence-corrected chi connectivity index (χ4v) is 3.55. The van der Waals surface area contributed by atoms with Gasteiger partial charge >= 0.3 is 0 Å². The van der Waals surface area contributed by atoms with E-state index in [0.717, 1.165) is 29.3 Å². The molecule has 0 aliphatic heterocycles. The molecule has 2 aromatic carbocycles. The summed E-state index contributed by atoms with van der Waals surface area (Å²) in [6, 6.07) is 12.6. The molecule has 1 aliphatic carbocycles. The van der Waals surface area contributed by atoms with Gasteiger partial charge in [0.2, 0.25) is 0 Å². The number of halogens is 1. The van der Waals surface area contributed by atoms with E-state index in [-0.39, 0.29) is 11.7 Å². The summed E-state index contributed by atoms with van der Waals surface area (Å²) >= 11 is 0. The monoisotopic (exact) mass is 347 g/mol. The fourth-order valence-electron chi connectivity index (χ4n) is 3.55. The van der Waals surface area contributed by atoms with E-state index in [1.54, 1.807) is 6.07 Å². The second-order valence-electron chi connectivity index (χ2n) is 6.27. The quantitative estimate of drug-likeness (QED) is 0.237. The lowest BCUT2D eigenvalue weighted by Crippen LogP contribution is -2.07. The fraction of sp³-hybridized carbons (Fsp3) is 0.150. The molecule has 0 unspecified atom stereocenters. The zero-order valence-corrected chi connectivity index (χ0v) is 14.1. The molecule has 3 N–H and O–H groups in total. The van der Waals surface area contributed by atoms with Crippen molar-refractivity contribution < 1.29 is 4.39 Å². The molecule has 4 rings (SSSR count). The van der Waals surface area contributed by atoms with E-state index in [0.29, 0.717) is 17.7 Å². The number of hydrogen-bond donors (Lipinski definition) is 2. The van der Waals surface area contributed by atoms with Crippen LogP contribution in [0, 0.1) is 11.2 Å². The van der Waals surface area contributed by atoms with Crippen molar-refractivity contribution in [2.75, 3.05) is 0 Å². The van der Waals surface area contributed by atoms with Crippen molar-refractivity contribution in [3.8, 4) is 0 Å². The highest BCUT2D eigenvalue weighted by Gasteiger charge is 2.19. The Hall–Kier alpha value is -3.28. The van der Waals surface area contributed by atoms with Crippen molar-refractivity contribution in [2.45, 2.75) is 19.4 Å². The van der Waals surface area contributed by atoms with Gasteiger partial charge in [-0.05, 0) is 37.1 Å². The van der Waals surface area contributed by atoms with Crippen LogP contribution in [-0.2, 0) is 13.0 Å². The zero-order valence-electron chi connectivity index (χ0n) is 14.1. The van der Waals surface area contributed by atoms with Crippen LogP contribution >= 0.6 is 0 Å². The topological polar surface area (TPSA) is 79.5 Å². The summed E-state index contributed by atoms with van der Waals surface area (Å²) in [5.41, 5.74) is 4.65. The van der Waals surface area contributed by atoms with Gasteiger partial charge in [0.1, 0.15) is 5.82 Å². The Balaban J connectivity index is 1.89. The van der Waals surface area contributed by atoms with Crippen LogP contribution in [0.25, 0.3) is 17.0 Å². The minimum Gasteiger partial charge on any atom is -0.339 e. The number of allylic oxidation sites excluding steroid dienone is 1. The summed E-state index contributed by atoms with van der Waals surface area (Å²) in [5, 5.41) is 15.8. The van der Waals surface area contributed by atoms with Gasteiger partial charge in [0.25, 0.3) is 0 Å². The molecule has 1 heterocycles. The van der Waals surface area contributed by atoms with Gasteiger partial charge in [0.05, 0.1) is 6.54 Å². The Morgan fingerprint density at radius 1 is 1.23 bits per heavy atom. The molecular weight excluding hydrogens is 329 g/mol. The summed E-state index contributed by atoms with van der Waals surface area (Å²) in [6.45, 7) is 0.478. The van der Waals surface area contributed by atoms with E-state index in [4.69, 9.17) is 11.3 Å². The lowest BCUT2D eigenvalue weighted by Gasteiger charge is -2.13. The van der Waals surface area contributed by atoms with Crippen LogP contribution in [0.4, 0.5) is 4.39 Å². The van der Waals surface area contributed by atoms with Gasteiger partial charge in [0.15, 0.2) is 5.84 Å². The SMILES string of the molecule is N=C(N=NN)c1ccc2c(c1)c1c(n2Cc2ccccc2F)CCC=C1. The van der Waals surface area contributed by atoms with Gasteiger partial charge in [-0.15, -0.1) is 5.11 Å². The van der Waals surface area contributed by atoms with E-state index < -0.39 is 0 Å². The van der Waals surface area contributed by atoms with E-state index in [1.165, 1.54) is 11.8 Å². The summed E-state index contributed by atoms with van der Waals surface area (Å²) in [5.74, 6) is 4.88. The number of nitrogens with one attached hydrogen (secondary N) is 1. The average Bonchev–Trinajstić information content (AvgIpc) is 2.97. The minimum absolute atomic E-state index is 0.0183. The Morgan fingerprint density at radius 2 is 2.08 bits per heavy atom. The molecule has 0 atom stereocenters. The van der Waals surface area contributed by atoms with Crippen molar-refractivity contribution >= 4 is 22.8 Å². The van der Waals surface area contributed by atoms with E-state index in [9.17, 15) is 4.39 Å². The average molecular weight is 347 g/mol. The molecule has 0 saturated heterocycles. The van der Waals surface area contributed by atoms with Crippen LogP contribution in [0.5, 0.6) is 0 Å². The largest absolute Gasteiger partial charge is 0.339 e. The third kappa shape index (κ3) is 2.69. The zero-order chi connectivity index (χ0) is 18.1. The standard InChI is InChI=1S/C20H18FN5/c21-17-7-3-1-5-14(17)12-26-18-8-4-2-6-15(18)16-11-13(9-10-19(16)26)20(22)24-25-23/h1-3,5-7,9-11H,4,8,12H2,(H3,22,23,24). The van der Waals surface area contributed by atoms with E-state index in [1.807, 2.05) is 30.3 Å². The first-order chi connectivity index (χ1) is 12.7. The maximum Gasteiger partial charge on any atom is 0.176 e. The van der Waals surface area contributed by atoms with Crippen molar-refractivity contribution in [3.63, 3.8) is 0 Å². The molecule has 0 saturated carbocycles. The van der Waals surface area contributed by atoms with Crippen LogP contribution in [0.15, 0.2) is 58.9 Å². The molecular formula is C20H18FN5. The molecule has 1 aromatic heterocycles. The van der Waals surface area contributed by atoms with Crippen molar-refractivity contribution in [1.29, 1.82) is 5.41 Å². The highest BCUT2D eigenvalue weighted by Crippen LogP contribution is 2.33. The number of nitrogens with two attached hydrogens (primary N) is 1. The van der Waals surface area contributed by atoms with Crippen molar-refractivity contribution in [3.05, 3.63) is 76.7 Å². The lowest BCUT2D eigenvalue weighted by molar-refractivity contribution is 0.598. The van der Waals surface area contributed by atoms with Crippen molar-refractivity contribution in [2.24, 2.45) is 16.2 Å². The molecule has 26 heavy (non-hydrogen) atoms. The molecule has 5 nitrogen and oxygen atoms in total. The smallest absolute Gasteiger partial charge is 0.176 e. The normalized spacial score (nSPS) is 13.4. The van der Waals surface area contributed by atoms with Crippen LogP contribution in [0.1, 0.15) is 28.8 Å². The minimum atomic E-state index is -0.198. The van der Waals surface area contributed by atoms with Gasteiger partial charge in [-0.3, -0.25) is 5.41 Å². The predicted molar refractivity (Wildman–Crippen MR) is 101 cm³/mol. The molecule has 0 radical (unpaired) electrons. The summed E-state index contributed by atoms with van der Waals surface area (Å²) in [7, 11) is 0. The molecule has 3 aromatic rings. The third-order valence-corrected chi connectivity index (χ3v) is 4.76. The number of aromatic nitrogens is 1. The second-order valence-corrected chi connectivity index (χ2v) is 6.27.